The number of ether oxygens (including phenoxy) is 1. The molecule has 1 unspecified atom stereocenters. The van der Waals surface area contributed by atoms with Crippen LogP contribution in [0.25, 0.3) is 0 Å². The lowest BCUT2D eigenvalue weighted by Crippen LogP contribution is -2.27. The van der Waals surface area contributed by atoms with Gasteiger partial charge in [0, 0.05) is 0 Å². The summed E-state index contributed by atoms with van der Waals surface area (Å²) in [4.78, 5) is 12.7. The fourth-order valence-electron chi connectivity index (χ4n) is 2.57. The summed E-state index contributed by atoms with van der Waals surface area (Å²) in [6.45, 7) is 4.18. The number of carbonyl (C=O) groups excluding carboxylic acids is 1. The van der Waals surface area contributed by atoms with E-state index in [4.69, 9.17) is 11.6 Å². The van der Waals surface area contributed by atoms with Crippen LogP contribution in [-0.4, -0.2) is 22.3 Å². The molecule has 1 amide bonds. The van der Waals surface area contributed by atoms with Gasteiger partial charge in [-0.05, 0) is 44.9 Å². The minimum atomic E-state index is -2.98. The molecular weight excluding hydrogens is 352 g/mol. The summed E-state index contributed by atoms with van der Waals surface area (Å²) in [5, 5.41) is 7.47. The Kier molecular flexibility index (Phi) is 6.00. The van der Waals surface area contributed by atoms with E-state index in [0.717, 1.165) is 5.56 Å². The molecule has 0 spiro atoms. The number of aryl methyl sites for hydroxylation is 2. The van der Waals surface area contributed by atoms with Crippen molar-refractivity contribution >= 4 is 23.2 Å². The molecule has 0 aliphatic carbocycles. The minimum Gasteiger partial charge on any atom is -0.433 e. The maximum Gasteiger partial charge on any atom is 0.387 e. The van der Waals surface area contributed by atoms with Crippen LogP contribution in [0.4, 0.5) is 14.5 Å². The molecule has 1 heterocycles. The van der Waals surface area contributed by atoms with Gasteiger partial charge in [0.15, 0.2) is 0 Å². The number of halogens is 3. The molecule has 1 aromatic carbocycles. The average Bonchev–Trinajstić information content (AvgIpc) is 2.78. The molecule has 1 atom stereocenters. The second-order valence-electron chi connectivity index (χ2n) is 5.72. The molecule has 0 radical (unpaired) electrons. The molecule has 5 nitrogen and oxygen atoms in total. The Morgan fingerprint density at radius 1 is 1.36 bits per heavy atom. The van der Waals surface area contributed by atoms with Crippen LogP contribution in [0.2, 0.25) is 5.02 Å². The van der Waals surface area contributed by atoms with Crippen molar-refractivity contribution in [2.45, 2.75) is 46.8 Å². The second-order valence-corrected chi connectivity index (χ2v) is 6.10. The number of hydrogen-bond donors (Lipinski definition) is 1. The Hall–Kier alpha value is -2.15. The van der Waals surface area contributed by atoms with Crippen molar-refractivity contribution in [3.05, 3.63) is 40.2 Å². The number of amides is 1. The van der Waals surface area contributed by atoms with Crippen molar-refractivity contribution < 1.29 is 18.3 Å². The van der Waals surface area contributed by atoms with E-state index < -0.39 is 12.7 Å². The topological polar surface area (TPSA) is 56.1 Å². The molecule has 2 aromatic rings. The highest BCUT2D eigenvalue weighted by atomic mass is 35.5. The minimum absolute atomic E-state index is 0.0878. The van der Waals surface area contributed by atoms with Crippen molar-refractivity contribution in [2.75, 3.05) is 5.32 Å². The van der Waals surface area contributed by atoms with Gasteiger partial charge in [-0.3, -0.25) is 9.48 Å². The van der Waals surface area contributed by atoms with E-state index in [1.54, 1.807) is 37.6 Å². The largest absolute Gasteiger partial charge is 0.433 e. The number of anilines is 1. The molecule has 0 bridgehead atoms. The molecule has 0 aliphatic heterocycles. The zero-order valence-electron chi connectivity index (χ0n) is 14.4. The van der Waals surface area contributed by atoms with Gasteiger partial charge in [-0.25, -0.2) is 0 Å². The monoisotopic (exact) mass is 371 g/mol. The zero-order valence-corrected chi connectivity index (χ0v) is 15.2. The second kappa shape index (κ2) is 7.82. The number of carbonyl (C=O) groups is 1. The molecule has 25 heavy (non-hydrogen) atoms. The maximum absolute atomic E-state index is 12.7. The average molecular weight is 372 g/mol. The Bertz CT molecular complexity index is 777. The van der Waals surface area contributed by atoms with Crippen LogP contribution in [0.3, 0.4) is 0 Å². The molecular formula is C17H20ClF2N3O2. The smallest absolute Gasteiger partial charge is 0.387 e. The first-order valence-electron chi connectivity index (χ1n) is 7.82. The first-order chi connectivity index (χ1) is 11.7. The molecule has 1 aromatic heterocycles. The molecule has 0 fully saturated rings. The highest BCUT2D eigenvalue weighted by Crippen LogP contribution is 2.29. The first kappa shape index (κ1) is 19.2. The third kappa shape index (κ3) is 4.28. The third-order valence-corrected chi connectivity index (χ3v) is 4.38. The number of alkyl halides is 2. The predicted molar refractivity (Wildman–Crippen MR) is 92.5 cm³/mol. The number of rotatable bonds is 6. The molecule has 136 valence electrons. The Labute approximate surface area is 149 Å². The molecule has 1 N–H and O–H groups in total. The van der Waals surface area contributed by atoms with Gasteiger partial charge in [0.1, 0.15) is 11.8 Å². The van der Waals surface area contributed by atoms with E-state index in [-0.39, 0.29) is 17.3 Å². The van der Waals surface area contributed by atoms with Gasteiger partial charge in [0.2, 0.25) is 5.91 Å². The summed E-state index contributed by atoms with van der Waals surface area (Å²) in [6, 6.07) is 3.99. The van der Waals surface area contributed by atoms with Gasteiger partial charge in [0.05, 0.1) is 22.1 Å². The number of nitrogens with zero attached hydrogens (tertiary/aromatic N) is 2. The van der Waals surface area contributed by atoms with Gasteiger partial charge in [-0.1, -0.05) is 24.6 Å². The first-order valence-corrected chi connectivity index (χ1v) is 8.19. The Morgan fingerprint density at radius 3 is 2.56 bits per heavy atom. The van der Waals surface area contributed by atoms with Crippen LogP contribution in [0.15, 0.2) is 18.2 Å². The van der Waals surface area contributed by atoms with E-state index in [0.29, 0.717) is 22.8 Å². The number of aromatic nitrogens is 2. The lowest BCUT2D eigenvalue weighted by molar-refractivity contribution is -0.119. The van der Waals surface area contributed by atoms with Crippen molar-refractivity contribution in [2.24, 2.45) is 0 Å². The zero-order chi connectivity index (χ0) is 18.7. The summed E-state index contributed by atoms with van der Waals surface area (Å²) in [6.07, 6.45) is 0.459. The SMILES string of the molecule is CCC(C(=O)Nc1cc(C)ccc1OC(F)F)n1nc(C)c(Cl)c1C. The Balaban J connectivity index is 2.31. The van der Waals surface area contributed by atoms with Gasteiger partial charge >= 0.3 is 6.61 Å². The van der Waals surface area contributed by atoms with Crippen molar-refractivity contribution in [1.29, 1.82) is 0 Å². The standard InChI is InChI=1S/C17H20ClF2N3O2/c1-5-13(23-11(4)15(18)10(3)22-23)16(24)21-12-8-9(2)6-7-14(12)25-17(19)20/h6-8,13,17H,5H2,1-4H3,(H,21,24). The van der Waals surface area contributed by atoms with Gasteiger partial charge in [0.25, 0.3) is 0 Å². The van der Waals surface area contributed by atoms with E-state index in [2.05, 4.69) is 15.2 Å². The normalized spacial score (nSPS) is 12.3. The Morgan fingerprint density at radius 2 is 2.04 bits per heavy atom. The highest BCUT2D eigenvalue weighted by molar-refractivity contribution is 6.31. The van der Waals surface area contributed by atoms with Crippen LogP contribution in [0.1, 0.15) is 36.3 Å². The summed E-state index contributed by atoms with van der Waals surface area (Å²) in [5.74, 6) is -0.468. The van der Waals surface area contributed by atoms with Crippen LogP contribution >= 0.6 is 11.6 Å². The number of hydrogen-bond acceptors (Lipinski definition) is 3. The summed E-state index contributed by atoms with van der Waals surface area (Å²) in [5.41, 5.74) is 2.30. The van der Waals surface area contributed by atoms with Gasteiger partial charge < -0.3 is 10.1 Å². The predicted octanol–water partition coefficient (Wildman–Crippen LogP) is 4.65. The fraction of sp³-hybridized carbons (Fsp3) is 0.412. The quantitative estimate of drug-likeness (QED) is 0.803. The van der Waals surface area contributed by atoms with Crippen LogP contribution in [0, 0.1) is 20.8 Å². The van der Waals surface area contributed by atoms with Gasteiger partial charge in [-0.15, -0.1) is 0 Å². The molecule has 8 heteroatoms. The van der Waals surface area contributed by atoms with Crippen molar-refractivity contribution in [3.63, 3.8) is 0 Å². The van der Waals surface area contributed by atoms with E-state index in [1.807, 2.05) is 6.92 Å². The third-order valence-electron chi connectivity index (χ3n) is 3.83. The van der Waals surface area contributed by atoms with E-state index in [9.17, 15) is 13.6 Å². The maximum atomic E-state index is 12.7. The van der Waals surface area contributed by atoms with E-state index >= 15 is 0 Å². The van der Waals surface area contributed by atoms with Crippen molar-refractivity contribution in [3.8, 4) is 5.75 Å². The lowest BCUT2D eigenvalue weighted by atomic mass is 10.1. The number of benzene rings is 1. The van der Waals surface area contributed by atoms with Crippen molar-refractivity contribution in [1.82, 2.24) is 9.78 Å². The molecule has 0 saturated carbocycles. The van der Waals surface area contributed by atoms with Crippen LogP contribution in [0.5, 0.6) is 5.75 Å². The summed E-state index contributed by atoms with van der Waals surface area (Å²) in [7, 11) is 0. The van der Waals surface area contributed by atoms with Crippen LogP contribution in [-0.2, 0) is 4.79 Å². The van der Waals surface area contributed by atoms with Crippen LogP contribution < -0.4 is 10.1 Å². The fourth-order valence-corrected chi connectivity index (χ4v) is 2.70. The van der Waals surface area contributed by atoms with E-state index in [1.165, 1.54) is 6.07 Å². The molecule has 0 aliphatic rings. The van der Waals surface area contributed by atoms with Gasteiger partial charge in [-0.2, -0.15) is 13.9 Å². The summed E-state index contributed by atoms with van der Waals surface area (Å²) >= 11 is 6.15. The highest BCUT2D eigenvalue weighted by Gasteiger charge is 2.24. The molecule has 2 rings (SSSR count). The molecule has 0 saturated heterocycles. The lowest BCUT2D eigenvalue weighted by Gasteiger charge is -2.19. The number of nitrogens with one attached hydrogen (secondary N) is 1. The summed E-state index contributed by atoms with van der Waals surface area (Å²) < 4.78 is 31.2.